The highest BCUT2D eigenvalue weighted by Crippen LogP contribution is 2.32. The Bertz CT molecular complexity index is 1070. The van der Waals surface area contributed by atoms with Crippen LogP contribution >= 0.6 is 11.6 Å². The predicted molar refractivity (Wildman–Crippen MR) is 126 cm³/mol. The van der Waals surface area contributed by atoms with Gasteiger partial charge in [-0.25, -0.2) is 0 Å². The zero-order chi connectivity index (χ0) is 23.2. The fourth-order valence-corrected chi connectivity index (χ4v) is 4.07. The van der Waals surface area contributed by atoms with E-state index >= 15 is 0 Å². The van der Waals surface area contributed by atoms with E-state index in [1.807, 2.05) is 53.4 Å². The number of hydrogen-bond donors (Lipinski definition) is 1. The van der Waals surface area contributed by atoms with Gasteiger partial charge in [-0.1, -0.05) is 35.9 Å². The SMILES string of the molecule is COc1ccccc1OCCCc1oc(N2CCC(C(=O)O)CC2)nc1-c1ccc(Cl)cc1. The largest absolute Gasteiger partial charge is 0.493 e. The normalized spacial score (nSPS) is 14.3. The van der Waals surface area contributed by atoms with E-state index in [1.54, 1.807) is 7.11 Å². The van der Waals surface area contributed by atoms with Crippen LogP contribution in [-0.2, 0) is 11.2 Å². The van der Waals surface area contributed by atoms with Crippen LogP contribution in [0.4, 0.5) is 6.01 Å². The Morgan fingerprint density at radius 1 is 1.15 bits per heavy atom. The summed E-state index contributed by atoms with van der Waals surface area (Å²) in [6.45, 7) is 1.71. The molecule has 0 saturated carbocycles. The van der Waals surface area contributed by atoms with Gasteiger partial charge in [0.05, 0.1) is 19.6 Å². The van der Waals surface area contributed by atoms with E-state index in [0.717, 1.165) is 23.4 Å². The van der Waals surface area contributed by atoms with E-state index in [4.69, 9.17) is 30.5 Å². The van der Waals surface area contributed by atoms with Crippen molar-refractivity contribution in [1.82, 2.24) is 4.98 Å². The highest BCUT2D eigenvalue weighted by molar-refractivity contribution is 6.30. The summed E-state index contributed by atoms with van der Waals surface area (Å²) in [7, 11) is 1.62. The molecule has 4 rings (SSSR count). The number of carboxylic acid groups (broad SMARTS) is 1. The molecule has 3 aromatic rings. The molecule has 1 N–H and O–H groups in total. The quantitative estimate of drug-likeness (QED) is 0.424. The summed E-state index contributed by atoms with van der Waals surface area (Å²) in [4.78, 5) is 18.1. The van der Waals surface area contributed by atoms with Crippen LogP contribution in [0.25, 0.3) is 11.3 Å². The molecule has 1 saturated heterocycles. The summed E-state index contributed by atoms with van der Waals surface area (Å²) >= 11 is 6.06. The molecule has 0 unspecified atom stereocenters. The second-order valence-electron chi connectivity index (χ2n) is 7.98. The zero-order valence-electron chi connectivity index (χ0n) is 18.5. The van der Waals surface area contributed by atoms with Crippen molar-refractivity contribution in [2.24, 2.45) is 5.92 Å². The molecule has 7 nitrogen and oxygen atoms in total. The molecule has 0 radical (unpaired) electrons. The number of hydrogen-bond acceptors (Lipinski definition) is 6. The molecule has 0 atom stereocenters. The number of nitrogens with zero attached hydrogens (tertiary/aromatic N) is 2. The number of benzene rings is 2. The maximum absolute atomic E-state index is 11.3. The first-order chi connectivity index (χ1) is 16.0. The second kappa shape index (κ2) is 10.6. The van der Waals surface area contributed by atoms with Gasteiger partial charge in [0.2, 0.25) is 0 Å². The molecule has 8 heteroatoms. The monoisotopic (exact) mass is 470 g/mol. The Labute approximate surface area is 197 Å². The topological polar surface area (TPSA) is 85.0 Å². The standard InChI is InChI=1S/C25H27ClN2O5/c1-31-20-5-2-3-6-21(20)32-16-4-7-22-23(17-8-10-19(26)11-9-17)27-25(33-22)28-14-12-18(13-15-28)24(29)30/h2-3,5-6,8-11,18H,4,7,12-16H2,1H3,(H,29,30). The fourth-order valence-electron chi connectivity index (χ4n) is 3.95. The summed E-state index contributed by atoms with van der Waals surface area (Å²) in [6, 6.07) is 15.6. The summed E-state index contributed by atoms with van der Waals surface area (Å²) in [5.74, 6) is 1.14. The molecule has 1 aromatic heterocycles. The number of oxazole rings is 1. The summed E-state index contributed by atoms with van der Waals surface area (Å²) in [5.41, 5.74) is 1.70. The molecule has 2 aromatic carbocycles. The maximum Gasteiger partial charge on any atom is 0.306 e. The minimum absolute atomic E-state index is 0.307. The third-order valence-corrected chi connectivity index (χ3v) is 6.05. The van der Waals surface area contributed by atoms with Crippen molar-refractivity contribution in [2.45, 2.75) is 25.7 Å². The number of aliphatic carboxylic acids is 1. The lowest BCUT2D eigenvalue weighted by atomic mass is 9.97. The van der Waals surface area contributed by atoms with Crippen molar-refractivity contribution in [1.29, 1.82) is 0 Å². The van der Waals surface area contributed by atoms with Crippen LogP contribution in [-0.4, -0.2) is 42.9 Å². The first-order valence-electron chi connectivity index (χ1n) is 11.0. The van der Waals surface area contributed by atoms with Crippen molar-refractivity contribution in [2.75, 3.05) is 31.7 Å². The predicted octanol–water partition coefficient (Wildman–Crippen LogP) is 5.32. The zero-order valence-corrected chi connectivity index (χ0v) is 19.3. The average Bonchev–Trinajstić information content (AvgIpc) is 3.26. The molecular weight excluding hydrogens is 444 g/mol. The molecule has 174 valence electrons. The van der Waals surface area contributed by atoms with Crippen LogP contribution in [0.3, 0.4) is 0 Å². The van der Waals surface area contributed by atoms with Gasteiger partial charge >= 0.3 is 5.97 Å². The molecule has 1 aliphatic rings. The molecule has 1 fully saturated rings. The minimum atomic E-state index is -0.736. The number of aryl methyl sites for hydroxylation is 1. The Balaban J connectivity index is 1.47. The first kappa shape index (κ1) is 23.0. The van der Waals surface area contributed by atoms with Crippen LogP contribution in [0.15, 0.2) is 52.9 Å². The summed E-state index contributed by atoms with van der Waals surface area (Å²) in [5, 5.41) is 9.92. The third-order valence-electron chi connectivity index (χ3n) is 5.79. The smallest absolute Gasteiger partial charge is 0.306 e. The van der Waals surface area contributed by atoms with E-state index in [1.165, 1.54) is 0 Å². The van der Waals surface area contributed by atoms with Gasteiger partial charge in [0.25, 0.3) is 6.01 Å². The van der Waals surface area contributed by atoms with Gasteiger partial charge in [-0.2, -0.15) is 4.98 Å². The fraction of sp³-hybridized carbons (Fsp3) is 0.360. The van der Waals surface area contributed by atoms with E-state index in [9.17, 15) is 9.90 Å². The number of carboxylic acids is 1. The Morgan fingerprint density at radius 2 is 1.85 bits per heavy atom. The van der Waals surface area contributed by atoms with Crippen molar-refractivity contribution >= 4 is 23.6 Å². The number of carbonyl (C=O) groups is 1. The minimum Gasteiger partial charge on any atom is -0.493 e. The average molecular weight is 471 g/mol. The lowest BCUT2D eigenvalue weighted by molar-refractivity contribution is -0.142. The van der Waals surface area contributed by atoms with Gasteiger partial charge in [0, 0.05) is 30.1 Å². The van der Waals surface area contributed by atoms with Crippen molar-refractivity contribution in [3.8, 4) is 22.8 Å². The van der Waals surface area contributed by atoms with Crippen molar-refractivity contribution in [3.63, 3.8) is 0 Å². The number of para-hydroxylation sites is 2. The molecule has 0 aliphatic carbocycles. The Morgan fingerprint density at radius 3 is 2.52 bits per heavy atom. The van der Waals surface area contributed by atoms with E-state index in [0.29, 0.717) is 61.5 Å². The second-order valence-corrected chi connectivity index (χ2v) is 8.41. The van der Waals surface area contributed by atoms with Gasteiger partial charge in [0.15, 0.2) is 11.5 Å². The third kappa shape index (κ3) is 5.60. The number of halogens is 1. The molecule has 33 heavy (non-hydrogen) atoms. The van der Waals surface area contributed by atoms with E-state index < -0.39 is 5.97 Å². The molecule has 0 amide bonds. The summed E-state index contributed by atoms with van der Waals surface area (Å²) < 4.78 is 17.4. The molecule has 0 spiro atoms. The number of aromatic nitrogens is 1. The van der Waals surface area contributed by atoms with Crippen molar-refractivity contribution < 1.29 is 23.8 Å². The number of rotatable bonds is 9. The van der Waals surface area contributed by atoms with Crippen molar-refractivity contribution in [3.05, 3.63) is 59.3 Å². The number of methoxy groups -OCH3 is 1. The molecular formula is C25H27ClN2O5. The van der Waals surface area contributed by atoms with Crippen LogP contribution in [0.1, 0.15) is 25.0 Å². The van der Waals surface area contributed by atoms with Gasteiger partial charge in [-0.15, -0.1) is 0 Å². The van der Waals surface area contributed by atoms with Gasteiger partial charge in [0.1, 0.15) is 11.5 Å². The van der Waals surface area contributed by atoms with Crippen LogP contribution in [0.5, 0.6) is 11.5 Å². The van der Waals surface area contributed by atoms with Gasteiger partial charge in [-0.3, -0.25) is 4.79 Å². The van der Waals surface area contributed by atoms with Crippen LogP contribution < -0.4 is 14.4 Å². The number of anilines is 1. The molecule has 0 bridgehead atoms. The maximum atomic E-state index is 11.3. The number of ether oxygens (including phenoxy) is 2. The molecule has 1 aliphatic heterocycles. The highest BCUT2D eigenvalue weighted by atomic mass is 35.5. The Kier molecular flexibility index (Phi) is 7.40. The van der Waals surface area contributed by atoms with E-state index in [2.05, 4.69) is 0 Å². The van der Waals surface area contributed by atoms with Gasteiger partial charge < -0.3 is 23.9 Å². The van der Waals surface area contributed by atoms with E-state index in [-0.39, 0.29) is 5.92 Å². The lowest BCUT2D eigenvalue weighted by Gasteiger charge is -2.28. The van der Waals surface area contributed by atoms with Crippen LogP contribution in [0.2, 0.25) is 5.02 Å². The highest BCUT2D eigenvalue weighted by Gasteiger charge is 2.28. The van der Waals surface area contributed by atoms with Gasteiger partial charge in [-0.05, 0) is 43.5 Å². The summed E-state index contributed by atoms with van der Waals surface area (Å²) in [6.07, 6.45) is 2.53. The Hall–Kier alpha value is -3.19. The first-order valence-corrected chi connectivity index (χ1v) is 11.4. The molecule has 2 heterocycles. The number of piperidine rings is 1. The lowest BCUT2D eigenvalue weighted by Crippen LogP contribution is -2.36. The van der Waals surface area contributed by atoms with Crippen LogP contribution in [0, 0.1) is 5.92 Å².